The van der Waals surface area contributed by atoms with E-state index in [9.17, 15) is 4.79 Å². The summed E-state index contributed by atoms with van der Waals surface area (Å²) >= 11 is 13.4. The summed E-state index contributed by atoms with van der Waals surface area (Å²) in [6.45, 7) is 0.0838. The summed E-state index contributed by atoms with van der Waals surface area (Å²) in [5.74, 6) is -0.226. The number of aromatic nitrogens is 5. The third kappa shape index (κ3) is 3.39. The molecule has 3 aromatic heterocycles. The first-order valence-electron chi connectivity index (χ1n) is 7.42. The standard InChI is InChI=1S/C16H10Cl2N6OS/c17-9-1-2-10(11(18)3-9)12-6-26-16(22-12)23-14(25)5-24-8-21-15-13(24)4-19-7-20-15/h1-4,6-8H,5H2,(H,22,23,25). The molecule has 4 aromatic rings. The zero-order valence-corrected chi connectivity index (χ0v) is 15.4. The van der Waals surface area contributed by atoms with Crippen LogP contribution in [-0.2, 0) is 11.3 Å². The molecule has 26 heavy (non-hydrogen) atoms. The van der Waals surface area contributed by atoms with Gasteiger partial charge in [-0.15, -0.1) is 11.3 Å². The fourth-order valence-corrected chi connectivity index (χ4v) is 3.63. The van der Waals surface area contributed by atoms with E-state index in [0.717, 1.165) is 5.56 Å². The van der Waals surface area contributed by atoms with Gasteiger partial charge in [0.2, 0.25) is 5.91 Å². The van der Waals surface area contributed by atoms with E-state index in [1.807, 2.05) is 5.38 Å². The molecule has 0 aliphatic rings. The van der Waals surface area contributed by atoms with Crippen LogP contribution in [0.25, 0.3) is 22.4 Å². The molecule has 3 heterocycles. The SMILES string of the molecule is O=C(Cn1cnc2ncncc21)Nc1nc(-c2ccc(Cl)cc2Cl)cs1. The van der Waals surface area contributed by atoms with E-state index < -0.39 is 0 Å². The second-order valence-corrected chi connectivity index (χ2v) is 7.02. The van der Waals surface area contributed by atoms with Crippen LogP contribution in [0.4, 0.5) is 5.13 Å². The van der Waals surface area contributed by atoms with Gasteiger partial charge in [0, 0.05) is 16.0 Å². The second-order valence-electron chi connectivity index (χ2n) is 5.31. The number of hydrogen-bond donors (Lipinski definition) is 1. The topological polar surface area (TPSA) is 85.6 Å². The van der Waals surface area contributed by atoms with Crippen molar-refractivity contribution in [1.29, 1.82) is 0 Å². The average Bonchev–Trinajstić information content (AvgIpc) is 3.23. The van der Waals surface area contributed by atoms with Crippen LogP contribution in [0.3, 0.4) is 0 Å². The quantitative estimate of drug-likeness (QED) is 0.557. The first-order valence-corrected chi connectivity index (χ1v) is 9.05. The van der Waals surface area contributed by atoms with Gasteiger partial charge in [-0.2, -0.15) is 0 Å². The molecule has 7 nitrogen and oxygen atoms in total. The minimum Gasteiger partial charge on any atom is -0.318 e. The predicted octanol–water partition coefficient (Wildman–Crippen LogP) is 3.90. The van der Waals surface area contributed by atoms with Crippen LogP contribution in [0, 0.1) is 0 Å². The van der Waals surface area contributed by atoms with Crippen molar-refractivity contribution in [2.45, 2.75) is 6.54 Å². The van der Waals surface area contributed by atoms with Gasteiger partial charge in [-0.3, -0.25) is 4.79 Å². The first kappa shape index (κ1) is 16.9. The van der Waals surface area contributed by atoms with Crippen LogP contribution in [0.2, 0.25) is 10.0 Å². The number of carbonyl (C=O) groups excluding carboxylic acids is 1. The Bertz CT molecular complexity index is 1110. The second kappa shape index (κ2) is 6.99. The van der Waals surface area contributed by atoms with Crippen molar-refractivity contribution in [2.75, 3.05) is 5.32 Å². The molecule has 0 aliphatic heterocycles. The highest BCUT2D eigenvalue weighted by Crippen LogP contribution is 2.32. The number of fused-ring (bicyclic) bond motifs is 1. The molecular weight excluding hydrogens is 395 g/mol. The largest absolute Gasteiger partial charge is 0.318 e. The molecule has 1 aromatic carbocycles. The molecule has 130 valence electrons. The summed E-state index contributed by atoms with van der Waals surface area (Å²) in [6.07, 6.45) is 4.59. The number of amides is 1. The van der Waals surface area contributed by atoms with Crippen molar-refractivity contribution < 1.29 is 4.79 Å². The Morgan fingerprint density at radius 1 is 1.27 bits per heavy atom. The lowest BCUT2D eigenvalue weighted by Gasteiger charge is -2.04. The number of nitrogens with zero attached hydrogens (tertiary/aromatic N) is 5. The Morgan fingerprint density at radius 3 is 3.00 bits per heavy atom. The Kier molecular flexibility index (Phi) is 4.54. The van der Waals surface area contributed by atoms with Gasteiger partial charge >= 0.3 is 0 Å². The van der Waals surface area contributed by atoms with Crippen molar-refractivity contribution in [3.63, 3.8) is 0 Å². The maximum atomic E-state index is 12.3. The van der Waals surface area contributed by atoms with Crippen LogP contribution < -0.4 is 5.32 Å². The number of benzene rings is 1. The van der Waals surface area contributed by atoms with E-state index in [0.29, 0.717) is 32.0 Å². The highest BCUT2D eigenvalue weighted by molar-refractivity contribution is 7.14. The van der Waals surface area contributed by atoms with E-state index in [-0.39, 0.29) is 12.5 Å². The summed E-state index contributed by atoms with van der Waals surface area (Å²) in [6, 6.07) is 5.19. The molecule has 0 aliphatic carbocycles. The number of thiazole rings is 1. The fourth-order valence-electron chi connectivity index (χ4n) is 2.40. The minimum absolute atomic E-state index is 0.0838. The van der Waals surface area contributed by atoms with Crippen LogP contribution in [0.5, 0.6) is 0 Å². The summed E-state index contributed by atoms with van der Waals surface area (Å²) in [5.41, 5.74) is 2.66. The highest BCUT2D eigenvalue weighted by atomic mass is 35.5. The van der Waals surface area contributed by atoms with Crippen LogP contribution in [0.15, 0.2) is 42.4 Å². The van der Waals surface area contributed by atoms with Crippen molar-refractivity contribution in [2.24, 2.45) is 0 Å². The Hall–Kier alpha value is -2.55. The molecule has 0 fully saturated rings. The van der Waals surface area contributed by atoms with Gasteiger partial charge in [0.1, 0.15) is 18.4 Å². The maximum Gasteiger partial charge on any atom is 0.246 e. The number of anilines is 1. The average molecular weight is 405 g/mol. The molecule has 1 amide bonds. The van der Waals surface area contributed by atoms with Gasteiger partial charge in [0.25, 0.3) is 0 Å². The number of halogens is 2. The molecule has 4 rings (SSSR count). The van der Waals surface area contributed by atoms with Gasteiger partial charge in [0.05, 0.1) is 23.2 Å². The van der Waals surface area contributed by atoms with Crippen LogP contribution >= 0.6 is 34.5 Å². The van der Waals surface area contributed by atoms with E-state index in [4.69, 9.17) is 23.2 Å². The molecule has 0 radical (unpaired) electrons. The van der Waals surface area contributed by atoms with E-state index in [1.165, 1.54) is 17.7 Å². The molecule has 0 bridgehead atoms. The highest BCUT2D eigenvalue weighted by Gasteiger charge is 2.12. The minimum atomic E-state index is -0.226. The van der Waals surface area contributed by atoms with Gasteiger partial charge in [-0.05, 0) is 18.2 Å². The van der Waals surface area contributed by atoms with Gasteiger partial charge in [-0.25, -0.2) is 19.9 Å². The predicted molar refractivity (Wildman–Crippen MR) is 102 cm³/mol. The number of hydrogen-bond acceptors (Lipinski definition) is 6. The normalized spacial score (nSPS) is 11.0. The molecule has 0 atom stereocenters. The van der Waals surface area contributed by atoms with Crippen molar-refractivity contribution in [1.82, 2.24) is 24.5 Å². The first-order chi connectivity index (χ1) is 12.6. The third-order valence-corrected chi connectivity index (χ3v) is 4.88. The van der Waals surface area contributed by atoms with E-state index >= 15 is 0 Å². The molecular formula is C16H10Cl2N6OS. The number of nitrogens with one attached hydrogen (secondary N) is 1. The summed E-state index contributed by atoms with van der Waals surface area (Å²) < 4.78 is 1.68. The van der Waals surface area contributed by atoms with Crippen molar-refractivity contribution >= 4 is 56.7 Å². The van der Waals surface area contributed by atoms with Crippen molar-refractivity contribution in [3.8, 4) is 11.3 Å². The smallest absolute Gasteiger partial charge is 0.246 e. The fraction of sp³-hybridized carbons (Fsp3) is 0.0625. The lowest BCUT2D eigenvalue weighted by Crippen LogP contribution is -2.18. The maximum absolute atomic E-state index is 12.3. The Morgan fingerprint density at radius 2 is 2.15 bits per heavy atom. The van der Waals surface area contributed by atoms with Crippen molar-refractivity contribution in [3.05, 3.63) is 52.5 Å². The van der Waals surface area contributed by atoms with E-state index in [2.05, 4.69) is 25.3 Å². The monoisotopic (exact) mass is 404 g/mol. The molecule has 0 saturated heterocycles. The molecule has 1 N–H and O–H groups in total. The summed E-state index contributed by atoms with van der Waals surface area (Å²) in [7, 11) is 0. The van der Waals surface area contributed by atoms with Gasteiger partial charge < -0.3 is 9.88 Å². The van der Waals surface area contributed by atoms with Crippen LogP contribution in [-0.4, -0.2) is 30.4 Å². The lowest BCUT2D eigenvalue weighted by molar-refractivity contribution is -0.116. The van der Waals surface area contributed by atoms with Gasteiger partial charge in [-0.1, -0.05) is 23.2 Å². The van der Waals surface area contributed by atoms with Crippen LogP contribution in [0.1, 0.15) is 0 Å². The molecule has 0 unspecified atom stereocenters. The zero-order chi connectivity index (χ0) is 18.1. The number of rotatable bonds is 4. The Labute approximate surface area is 161 Å². The number of carbonyl (C=O) groups is 1. The molecule has 0 saturated carbocycles. The summed E-state index contributed by atoms with van der Waals surface area (Å²) in [5, 5.41) is 6.14. The lowest BCUT2D eigenvalue weighted by atomic mass is 10.2. The van der Waals surface area contributed by atoms with Gasteiger partial charge in [0.15, 0.2) is 10.8 Å². The van der Waals surface area contributed by atoms with E-state index in [1.54, 1.807) is 35.3 Å². The molecule has 0 spiro atoms. The Balaban J connectivity index is 1.49. The zero-order valence-electron chi connectivity index (χ0n) is 13.1. The molecule has 10 heteroatoms. The summed E-state index contributed by atoms with van der Waals surface area (Å²) in [4.78, 5) is 28.8. The number of imidazole rings is 1. The third-order valence-electron chi connectivity index (χ3n) is 3.57.